The summed E-state index contributed by atoms with van der Waals surface area (Å²) in [7, 11) is 0. The molecular formula is C17H21ClN4O3. The van der Waals surface area contributed by atoms with E-state index in [1.165, 1.54) is 0 Å². The maximum atomic E-state index is 10.4. The number of hydrogen-bond donors (Lipinski definition) is 1. The van der Waals surface area contributed by atoms with Crippen LogP contribution in [0.15, 0.2) is 28.8 Å². The van der Waals surface area contributed by atoms with E-state index in [1.54, 1.807) is 12.1 Å². The average molecular weight is 365 g/mol. The number of aromatic nitrogens is 2. The number of nitrogens with zero attached hydrogens (tertiary/aromatic N) is 4. The molecule has 2 fully saturated rings. The zero-order chi connectivity index (χ0) is 17.2. The smallest absolute Gasteiger partial charge is 0.241 e. The van der Waals surface area contributed by atoms with E-state index in [2.05, 4.69) is 19.9 Å². The summed E-state index contributed by atoms with van der Waals surface area (Å²) in [5.74, 6) is 1.11. The average Bonchev–Trinajstić information content (AvgIpc) is 3.23. The predicted molar refractivity (Wildman–Crippen MR) is 92.2 cm³/mol. The molecule has 1 aromatic heterocycles. The van der Waals surface area contributed by atoms with Gasteiger partial charge in [-0.1, -0.05) is 16.8 Å². The zero-order valence-corrected chi connectivity index (χ0v) is 14.6. The zero-order valence-electron chi connectivity index (χ0n) is 13.8. The normalized spacial score (nSPS) is 25.5. The highest BCUT2D eigenvalue weighted by atomic mass is 35.5. The van der Waals surface area contributed by atoms with Gasteiger partial charge in [-0.25, -0.2) is 0 Å². The molecule has 2 saturated heterocycles. The molecule has 0 aliphatic carbocycles. The fraction of sp³-hybridized carbons (Fsp3) is 0.529. The molecule has 0 bridgehead atoms. The van der Waals surface area contributed by atoms with Gasteiger partial charge in [0.05, 0.1) is 25.9 Å². The van der Waals surface area contributed by atoms with Crippen molar-refractivity contribution in [3.63, 3.8) is 0 Å². The Hall–Kier alpha value is -1.51. The number of morpholine rings is 1. The van der Waals surface area contributed by atoms with Crippen LogP contribution in [0.1, 0.15) is 5.89 Å². The van der Waals surface area contributed by atoms with Crippen molar-refractivity contribution < 1.29 is 14.4 Å². The summed E-state index contributed by atoms with van der Waals surface area (Å²) in [5.41, 5.74) is 0.868. The Bertz CT molecular complexity index is 702. The van der Waals surface area contributed by atoms with Gasteiger partial charge < -0.3 is 14.4 Å². The summed E-state index contributed by atoms with van der Waals surface area (Å²) in [6.07, 6.45) is -0.364. The molecule has 0 spiro atoms. The highest BCUT2D eigenvalue weighted by Crippen LogP contribution is 2.22. The lowest BCUT2D eigenvalue weighted by Gasteiger charge is -2.33. The molecule has 8 heteroatoms. The molecule has 1 aromatic carbocycles. The second-order valence-corrected chi connectivity index (χ2v) is 6.93. The van der Waals surface area contributed by atoms with Crippen LogP contribution in [0.2, 0.25) is 5.02 Å². The molecule has 0 saturated carbocycles. The summed E-state index contributed by atoms with van der Waals surface area (Å²) in [6, 6.07) is 7.48. The quantitative estimate of drug-likeness (QED) is 0.875. The number of aliphatic hydroxyl groups excluding tert-OH is 1. The lowest BCUT2D eigenvalue weighted by Crippen LogP contribution is -2.48. The molecule has 2 aliphatic rings. The molecule has 25 heavy (non-hydrogen) atoms. The van der Waals surface area contributed by atoms with Crippen molar-refractivity contribution in [3.05, 3.63) is 35.2 Å². The minimum absolute atomic E-state index is 0.141. The van der Waals surface area contributed by atoms with Gasteiger partial charge in [-0.15, -0.1) is 0 Å². The van der Waals surface area contributed by atoms with E-state index in [-0.39, 0.29) is 12.1 Å². The van der Waals surface area contributed by atoms with Crippen LogP contribution in [-0.2, 0) is 11.3 Å². The van der Waals surface area contributed by atoms with Crippen LogP contribution in [0.4, 0.5) is 0 Å². The Morgan fingerprint density at radius 2 is 1.92 bits per heavy atom. The first-order valence-corrected chi connectivity index (χ1v) is 8.87. The van der Waals surface area contributed by atoms with Gasteiger partial charge >= 0.3 is 0 Å². The number of hydrogen-bond acceptors (Lipinski definition) is 7. The first kappa shape index (κ1) is 16.9. The van der Waals surface area contributed by atoms with Crippen molar-refractivity contribution in [2.24, 2.45) is 0 Å². The Balaban J connectivity index is 1.38. The summed E-state index contributed by atoms with van der Waals surface area (Å²) in [4.78, 5) is 8.92. The lowest BCUT2D eigenvalue weighted by molar-refractivity contribution is -0.00620. The summed E-state index contributed by atoms with van der Waals surface area (Å²) >= 11 is 5.90. The molecule has 4 rings (SSSR count). The van der Waals surface area contributed by atoms with Crippen LogP contribution in [-0.4, -0.2) is 76.6 Å². The van der Waals surface area contributed by atoms with Crippen molar-refractivity contribution in [2.45, 2.75) is 18.7 Å². The van der Waals surface area contributed by atoms with Gasteiger partial charge in [0.1, 0.15) is 0 Å². The molecule has 134 valence electrons. The SMILES string of the molecule is O[C@H]1CN(Cc2nc(-c3ccc(Cl)cc3)no2)C[C@@H]1N1CCOCC1. The van der Waals surface area contributed by atoms with Gasteiger partial charge in [0, 0.05) is 42.8 Å². The first-order chi connectivity index (χ1) is 12.2. The Kier molecular flexibility index (Phi) is 5.00. The van der Waals surface area contributed by atoms with Gasteiger partial charge in [0.15, 0.2) is 0 Å². The van der Waals surface area contributed by atoms with E-state index >= 15 is 0 Å². The van der Waals surface area contributed by atoms with Crippen molar-refractivity contribution in [2.75, 3.05) is 39.4 Å². The second kappa shape index (κ2) is 7.39. The van der Waals surface area contributed by atoms with Gasteiger partial charge in [0.25, 0.3) is 0 Å². The van der Waals surface area contributed by atoms with Crippen molar-refractivity contribution in [3.8, 4) is 11.4 Å². The minimum Gasteiger partial charge on any atom is -0.390 e. The highest BCUT2D eigenvalue weighted by Gasteiger charge is 2.36. The molecule has 2 atom stereocenters. The van der Waals surface area contributed by atoms with Crippen LogP contribution >= 0.6 is 11.6 Å². The molecular weight excluding hydrogens is 344 g/mol. The van der Waals surface area contributed by atoms with Crippen LogP contribution in [0.25, 0.3) is 11.4 Å². The monoisotopic (exact) mass is 364 g/mol. The summed E-state index contributed by atoms with van der Waals surface area (Å²) in [6.45, 7) is 5.15. The van der Waals surface area contributed by atoms with E-state index in [9.17, 15) is 5.11 Å². The van der Waals surface area contributed by atoms with Crippen molar-refractivity contribution in [1.82, 2.24) is 19.9 Å². The molecule has 0 unspecified atom stereocenters. The van der Waals surface area contributed by atoms with Gasteiger partial charge in [-0.3, -0.25) is 9.80 Å². The van der Waals surface area contributed by atoms with E-state index < -0.39 is 0 Å². The van der Waals surface area contributed by atoms with Crippen LogP contribution in [0.3, 0.4) is 0 Å². The third-order valence-corrected chi connectivity index (χ3v) is 5.03. The van der Waals surface area contributed by atoms with Gasteiger partial charge in [-0.2, -0.15) is 4.98 Å². The van der Waals surface area contributed by atoms with E-state index in [0.29, 0.717) is 29.8 Å². The maximum Gasteiger partial charge on any atom is 0.241 e. The minimum atomic E-state index is -0.364. The Morgan fingerprint density at radius 1 is 1.16 bits per heavy atom. The number of ether oxygens (including phenoxy) is 1. The number of halogens is 1. The maximum absolute atomic E-state index is 10.4. The van der Waals surface area contributed by atoms with E-state index in [4.69, 9.17) is 20.9 Å². The molecule has 1 N–H and O–H groups in total. The predicted octanol–water partition coefficient (Wildman–Crippen LogP) is 1.27. The van der Waals surface area contributed by atoms with Crippen molar-refractivity contribution in [1.29, 1.82) is 0 Å². The van der Waals surface area contributed by atoms with Crippen LogP contribution < -0.4 is 0 Å². The first-order valence-electron chi connectivity index (χ1n) is 8.50. The number of benzene rings is 1. The number of aliphatic hydroxyl groups is 1. The fourth-order valence-corrected chi connectivity index (χ4v) is 3.60. The third-order valence-electron chi connectivity index (χ3n) is 4.78. The Morgan fingerprint density at radius 3 is 2.68 bits per heavy atom. The van der Waals surface area contributed by atoms with Crippen LogP contribution in [0.5, 0.6) is 0 Å². The Labute approximate surface area is 151 Å². The number of rotatable bonds is 4. The second-order valence-electron chi connectivity index (χ2n) is 6.50. The molecule has 2 aromatic rings. The number of likely N-dealkylation sites (tertiary alicyclic amines) is 1. The summed E-state index contributed by atoms with van der Waals surface area (Å²) < 4.78 is 10.8. The molecule has 3 heterocycles. The van der Waals surface area contributed by atoms with Gasteiger partial charge in [0.2, 0.25) is 11.7 Å². The topological polar surface area (TPSA) is 74.9 Å². The fourth-order valence-electron chi connectivity index (χ4n) is 3.47. The van der Waals surface area contributed by atoms with Crippen molar-refractivity contribution >= 4 is 11.6 Å². The van der Waals surface area contributed by atoms with E-state index in [0.717, 1.165) is 38.4 Å². The molecule has 7 nitrogen and oxygen atoms in total. The molecule has 2 aliphatic heterocycles. The summed E-state index contributed by atoms with van der Waals surface area (Å²) in [5, 5.41) is 15.1. The standard InChI is InChI=1S/C17H21ClN4O3/c18-13-3-1-12(2-4-13)17-19-16(25-20-17)11-21-9-14(15(23)10-21)22-5-7-24-8-6-22/h1-4,14-15,23H,5-11H2/t14-,15-/m0/s1. The molecule has 0 amide bonds. The lowest BCUT2D eigenvalue weighted by atomic mass is 10.2. The van der Waals surface area contributed by atoms with E-state index in [1.807, 2.05) is 12.1 Å². The largest absolute Gasteiger partial charge is 0.390 e. The highest BCUT2D eigenvalue weighted by molar-refractivity contribution is 6.30. The van der Waals surface area contributed by atoms with Gasteiger partial charge in [-0.05, 0) is 24.3 Å². The molecule has 0 radical (unpaired) electrons. The number of β-amino-alcohol motifs (C(OH)–C–C–N with tert-alkyl or cyclic N) is 1. The third kappa shape index (κ3) is 3.86. The van der Waals surface area contributed by atoms with Crippen LogP contribution in [0, 0.1) is 0 Å².